The Morgan fingerprint density at radius 3 is 2.40 bits per heavy atom. The van der Waals surface area contributed by atoms with Crippen LogP contribution < -0.4 is 10.6 Å². The summed E-state index contributed by atoms with van der Waals surface area (Å²) in [4.78, 5) is 55.3. The first-order valence-corrected chi connectivity index (χ1v) is 19.3. The molecule has 2 aliphatic carbocycles. The van der Waals surface area contributed by atoms with Gasteiger partial charge >= 0.3 is 12.1 Å². The molecule has 0 bridgehead atoms. The largest absolute Gasteiger partial charge is 0.457 e. The molecular weight excluding hydrogens is 685 g/mol. The molecule has 1 aromatic carbocycles. The number of methoxy groups -OCH3 is 1. The van der Waals surface area contributed by atoms with Gasteiger partial charge in [-0.25, -0.2) is 14.0 Å². The van der Waals surface area contributed by atoms with E-state index in [9.17, 15) is 23.6 Å². The third-order valence-corrected chi connectivity index (χ3v) is 10.9. The summed E-state index contributed by atoms with van der Waals surface area (Å²) in [5, 5.41) is 6.41. The van der Waals surface area contributed by atoms with E-state index in [4.69, 9.17) is 23.4 Å². The maximum atomic E-state index is 14.2. The Hall–Kier alpha value is -3.71. The Labute approximate surface area is 312 Å². The van der Waals surface area contributed by atoms with E-state index in [-0.39, 0.29) is 48.0 Å². The smallest absolute Gasteiger partial charge is 0.407 e. The number of benzene rings is 1. The minimum atomic E-state index is -0.708. The molecule has 4 atom stereocenters. The van der Waals surface area contributed by atoms with Crippen molar-refractivity contribution in [3.8, 4) is 0 Å². The molecule has 294 valence electrons. The zero-order valence-electron chi connectivity index (χ0n) is 32.0. The molecule has 1 aromatic heterocycles. The molecule has 2 heterocycles. The Bertz CT molecular complexity index is 1540. The Kier molecular flexibility index (Phi) is 14.2. The van der Waals surface area contributed by atoms with E-state index in [2.05, 4.69) is 10.6 Å². The summed E-state index contributed by atoms with van der Waals surface area (Å²) < 4.78 is 41.1. The fourth-order valence-electron chi connectivity index (χ4n) is 8.28. The fraction of sp³-hybridized carbons (Fsp3) is 0.700. The third kappa shape index (κ3) is 10.9. The average molecular weight is 744 g/mol. The molecule has 1 saturated heterocycles. The van der Waals surface area contributed by atoms with Crippen molar-refractivity contribution >= 4 is 40.5 Å². The summed E-state index contributed by atoms with van der Waals surface area (Å²) in [5.41, 5.74) is 0.331. The highest BCUT2D eigenvalue weighted by Gasteiger charge is 2.47. The van der Waals surface area contributed by atoms with E-state index >= 15 is 0 Å². The van der Waals surface area contributed by atoms with Crippen LogP contribution in [0.25, 0.3) is 11.0 Å². The lowest BCUT2D eigenvalue weighted by molar-refractivity contribution is -0.142. The molecule has 13 heteroatoms. The van der Waals surface area contributed by atoms with Crippen LogP contribution in [0.4, 0.5) is 14.9 Å². The zero-order valence-corrected chi connectivity index (χ0v) is 32.0. The first-order chi connectivity index (χ1) is 25.4. The van der Waals surface area contributed by atoms with E-state index in [1.165, 1.54) is 6.42 Å². The van der Waals surface area contributed by atoms with Gasteiger partial charge in [0, 0.05) is 30.6 Å². The molecule has 2 N–H and O–H groups in total. The van der Waals surface area contributed by atoms with Crippen molar-refractivity contribution < 1.29 is 46.9 Å². The molecule has 0 radical (unpaired) electrons. The molecule has 0 spiro atoms. The van der Waals surface area contributed by atoms with E-state index in [1.807, 2.05) is 0 Å². The highest BCUT2D eigenvalue weighted by molar-refractivity contribution is 6.00. The summed E-state index contributed by atoms with van der Waals surface area (Å²) >= 11 is 0. The van der Waals surface area contributed by atoms with Crippen LogP contribution in [0.1, 0.15) is 102 Å². The first-order valence-electron chi connectivity index (χ1n) is 19.3. The van der Waals surface area contributed by atoms with Crippen molar-refractivity contribution in [2.45, 2.75) is 116 Å². The van der Waals surface area contributed by atoms with Gasteiger partial charge in [-0.05, 0) is 102 Å². The fourth-order valence-corrected chi connectivity index (χ4v) is 8.28. The summed E-state index contributed by atoms with van der Waals surface area (Å²) in [6, 6.07) is 5.51. The minimum Gasteiger partial charge on any atom is -0.457 e. The van der Waals surface area contributed by atoms with Crippen LogP contribution in [-0.4, -0.2) is 92.7 Å². The van der Waals surface area contributed by atoms with Gasteiger partial charge in [0.25, 0.3) is 0 Å². The van der Waals surface area contributed by atoms with Gasteiger partial charge < -0.3 is 38.9 Å². The summed E-state index contributed by atoms with van der Waals surface area (Å²) in [6.45, 7) is 7.80. The number of rotatable bonds is 14. The molecule has 3 fully saturated rings. The number of likely N-dealkylation sites (tertiary alicyclic amines) is 1. The third-order valence-electron chi connectivity index (χ3n) is 10.9. The van der Waals surface area contributed by atoms with Crippen LogP contribution in [0, 0.1) is 23.7 Å². The van der Waals surface area contributed by atoms with Crippen molar-refractivity contribution in [3.63, 3.8) is 0 Å². The molecule has 2 aromatic rings. The number of hydrogen-bond acceptors (Lipinski definition) is 9. The van der Waals surface area contributed by atoms with Crippen molar-refractivity contribution in [2.24, 2.45) is 23.7 Å². The molecule has 53 heavy (non-hydrogen) atoms. The van der Waals surface area contributed by atoms with Crippen molar-refractivity contribution in [2.75, 3.05) is 45.5 Å². The van der Waals surface area contributed by atoms with Crippen LogP contribution >= 0.6 is 0 Å². The van der Waals surface area contributed by atoms with Gasteiger partial charge in [-0.2, -0.15) is 0 Å². The second-order valence-electron chi connectivity index (χ2n) is 16.0. The number of carbonyl (C=O) groups excluding carboxylic acids is 4. The van der Waals surface area contributed by atoms with Gasteiger partial charge in [0.15, 0.2) is 0 Å². The predicted octanol–water partition coefficient (Wildman–Crippen LogP) is 7.05. The summed E-state index contributed by atoms with van der Waals surface area (Å²) in [7, 11) is 1.59. The second-order valence-corrected chi connectivity index (χ2v) is 16.0. The SMILES string of the molecule is COCCO[C@H](C)COC(=O)c1cc2cc(NC(=O)[C@@H]3[C@H](C4CCCCC4)CCN3C(=O)[C@H]3CC[C@H]([C@@H](CF)NC(=O)OC(C)(C)C)CC3)ccc2o1. The number of amides is 3. The minimum absolute atomic E-state index is 0.0225. The van der Waals surface area contributed by atoms with Crippen molar-refractivity contribution in [1.29, 1.82) is 0 Å². The molecule has 1 aliphatic heterocycles. The van der Waals surface area contributed by atoms with Crippen molar-refractivity contribution in [1.82, 2.24) is 10.2 Å². The number of halogens is 1. The highest BCUT2D eigenvalue weighted by atomic mass is 19.1. The maximum absolute atomic E-state index is 14.2. The number of hydrogen-bond donors (Lipinski definition) is 2. The number of anilines is 1. The number of alkyl halides is 1. The number of furan rings is 1. The molecule has 12 nitrogen and oxygen atoms in total. The number of ether oxygens (including phenoxy) is 4. The Morgan fingerprint density at radius 2 is 1.72 bits per heavy atom. The van der Waals surface area contributed by atoms with Gasteiger partial charge in [0.1, 0.15) is 30.5 Å². The zero-order chi connectivity index (χ0) is 38.1. The second kappa shape index (κ2) is 18.6. The van der Waals surface area contributed by atoms with E-state index in [0.29, 0.717) is 68.0 Å². The average Bonchev–Trinajstić information content (AvgIpc) is 3.78. The molecule has 2 saturated carbocycles. The normalized spacial score (nSPS) is 23.7. The summed E-state index contributed by atoms with van der Waals surface area (Å²) in [5.74, 6) is -0.750. The highest BCUT2D eigenvalue weighted by Crippen LogP contribution is 2.41. The van der Waals surface area contributed by atoms with Gasteiger partial charge in [0.05, 0.1) is 25.4 Å². The first kappa shape index (κ1) is 40.5. The Balaban J connectivity index is 1.23. The number of esters is 1. The number of carbonyl (C=O) groups is 4. The molecule has 0 unspecified atom stereocenters. The van der Waals surface area contributed by atoms with Crippen LogP contribution in [0.3, 0.4) is 0 Å². The standard InChI is InChI=1S/C40H58FN3O9/c1-25(50-20-19-49-5)24-51-38(47)34-22-29-21-30(15-16-33(29)52-34)42-36(45)35-31(26-9-7-6-8-10-26)17-18-44(35)37(46)28-13-11-27(12-14-28)32(23-41)43-39(48)53-40(2,3)4/h15-16,21-22,25-28,31-32,35H,6-14,17-20,23-24H2,1-5H3,(H,42,45)(H,43,48)/t25-,27-,28-,31+,32-,35+/m1/s1. The van der Waals surface area contributed by atoms with Crippen LogP contribution in [-0.2, 0) is 28.5 Å². The van der Waals surface area contributed by atoms with E-state index in [0.717, 1.165) is 32.1 Å². The van der Waals surface area contributed by atoms with Gasteiger partial charge in [-0.3, -0.25) is 9.59 Å². The number of alkyl carbamates (subject to hydrolysis) is 1. The van der Waals surface area contributed by atoms with Crippen LogP contribution in [0.15, 0.2) is 28.7 Å². The van der Waals surface area contributed by atoms with Crippen molar-refractivity contribution in [3.05, 3.63) is 30.0 Å². The number of fused-ring (bicyclic) bond motifs is 1. The Morgan fingerprint density at radius 1 is 0.981 bits per heavy atom. The predicted molar refractivity (Wildman–Crippen MR) is 197 cm³/mol. The van der Waals surface area contributed by atoms with Gasteiger partial charge in [-0.1, -0.05) is 32.1 Å². The lowest BCUT2D eigenvalue weighted by Gasteiger charge is -2.37. The summed E-state index contributed by atoms with van der Waals surface area (Å²) in [6.07, 6.45) is 7.69. The van der Waals surface area contributed by atoms with Crippen LogP contribution in [0.2, 0.25) is 0 Å². The molecule has 3 amide bonds. The van der Waals surface area contributed by atoms with Gasteiger partial charge in [0.2, 0.25) is 17.6 Å². The number of nitrogens with zero attached hydrogens (tertiary/aromatic N) is 1. The monoisotopic (exact) mass is 743 g/mol. The topological polar surface area (TPSA) is 146 Å². The van der Waals surface area contributed by atoms with E-state index in [1.54, 1.807) is 64.0 Å². The molecular formula is C40H58FN3O9. The molecule has 3 aliphatic rings. The number of nitrogens with one attached hydrogen (secondary N) is 2. The quantitative estimate of drug-likeness (QED) is 0.154. The van der Waals surface area contributed by atoms with Crippen LogP contribution in [0.5, 0.6) is 0 Å². The van der Waals surface area contributed by atoms with Gasteiger partial charge in [-0.15, -0.1) is 0 Å². The lowest BCUT2D eigenvalue weighted by atomic mass is 9.76. The van der Waals surface area contributed by atoms with E-state index < -0.39 is 36.4 Å². The lowest BCUT2D eigenvalue weighted by Crippen LogP contribution is -2.50. The maximum Gasteiger partial charge on any atom is 0.407 e. The molecule has 5 rings (SSSR count).